The van der Waals surface area contributed by atoms with Crippen LogP contribution >= 0.6 is 27.5 Å². The van der Waals surface area contributed by atoms with Crippen molar-refractivity contribution in [3.63, 3.8) is 0 Å². The van der Waals surface area contributed by atoms with E-state index in [9.17, 15) is 9.90 Å². The van der Waals surface area contributed by atoms with E-state index in [-0.39, 0.29) is 5.69 Å². The lowest BCUT2D eigenvalue weighted by Crippen LogP contribution is -2.01. The molecule has 0 fully saturated rings. The minimum absolute atomic E-state index is 0.0371. The van der Waals surface area contributed by atoms with Crippen molar-refractivity contribution < 1.29 is 9.90 Å². The molecule has 6 heteroatoms. The molecule has 0 aliphatic heterocycles. The highest BCUT2D eigenvalue weighted by Gasteiger charge is 2.23. The summed E-state index contributed by atoms with van der Waals surface area (Å²) in [5, 5.41) is 10.0. The van der Waals surface area contributed by atoms with Crippen LogP contribution in [0, 0.1) is 13.8 Å². The van der Waals surface area contributed by atoms with Crippen molar-refractivity contribution in [1.82, 2.24) is 9.55 Å². The number of benzene rings is 2. The minimum Gasteiger partial charge on any atom is -0.476 e. The van der Waals surface area contributed by atoms with E-state index in [0.29, 0.717) is 15.5 Å². The Balaban J connectivity index is 2.33. The van der Waals surface area contributed by atoms with Gasteiger partial charge < -0.3 is 5.11 Å². The Labute approximate surface area is 152 Å². The molecule has 0 atom stereocenters. The molecular weight excluding hydrogens is 392 g/mol. The third-order valence-electron chi connectivity index (χ3n) is 3.75. The molecule has 0 bridgehead atoms. The van der Waals surface area contributed by atoms with Crippen molar-refractivity contribution in [2.75, 3.05) is 0 Å². The molecule has 0 amide bonds. The van der Waals surface area contributed by atoms with Crippen LogP contribution in [0.2, 0.25) is 5.02 Å². The molecule has 4 nitrogen and oxygen atoms in total. The molecule has 1 heterocycles. The number of hydrogen-bond donors (Lipinski definition) is 1. The van der Waals surface area contributed by atoms with Gasteiger partial charge in [0, 0.05) is 10.6 Å². The monoisotopic (exact) mass is 404 g/mol. The van der Waals surface area contributed by atoms with Gasteiger partial charge in [-0.05, 0) is 47.5 Å². The summed E-state index contributed by atoms with van der Waals surface area (Å²) < 4.78 is 2.16. The van der Waals surface area contributed by atoms with E-state index in [2.05, 4.69) is 20.9 Å². The number of halogens is 2. The van der Waals surface area contributed by atoms with Crippen LogP contribution in [-0.4, -0.2) is 20.6 Å². The number of imidazole rings is 1. The van der Waals surface area contributed by atoms with Gasteiger partial charge >= 0.3 is 5.97 Å². The number of carbonyl (C=O) groups is 1. The van der Waals surface area contributed by atoms with Crippen LogP contribution in [0.1, 0.15) is 21.6 Å². The van der Waals surface area contributed by atoms with Gasteiger partial charge in [0.25, 0.3) is 0 Å². The van der Waals surface area contributed by atoms with Crippen molar-refractivity contribution in [3.8, 4) is 17.1 Å². The molecule has 24 heavy (non-hydrogen) atoms. The molecule has 2 aromatic carbocycles. The highest BCUT2D eigenvalue weighted by molar-refractivity contribution is 9.10. The Bertz CT molecular complexity index is 933. The third-order valence-corrected chi connectivity index (χ3v) is 4.71. The Morgan fingerprint density at radius 2 is 1.83 bits per heavy atom. The first-order valence-electron chi connectivity index (χ1n) is 7.23. The van der Waals surface area contributed by atoms with Crippen LogP contribution in [0.15, 0.2) is 47.1 Å². The molecule has 1 aromatic heterocycles. The molecule has 3 aromatic rings. The molecule has 0 saturated carbocycles. The number of aromatic nitrogens is 2. The lowest BCUT2D eigenvalue weighted by atomic mass is 10.1. The van der Waals surface area contributed by atoms with E-state index in [0.717, 1.165) is 22.4 Å². The second kappa shape index (κ2) is 6.42. The van der Waals surface area contributed by atoms with Crippen molar-refractivity contribution in [2.24, 2.45) is 0 Å². The summed E-state index contributed by atoms with van der Waals surface area (Å²) >= 11 is 9.53. The van der Waals surface area contributed by atoms with Crippen LogP contribution < -0.4 is 0 Å². The van der Waals surface area contributed by atoms with Gasteiger partial charge in [-0.1, -0.05) is 47.5 Å². The van der Waals surface area contributed by atoms with Gasteiger partial charge in [-0.15, -0.1) is 0 Å². The SMILES string of the molecule is Cc1ccc(-c2nc(C(=O)O)c(Br)n2-c2cc(Cl)ccc2C)cc1. The first-order valence-corrected chi connectivity index (χ1v) is 8.40. The maximum Gasteiger partial charge on any atom is 0.357 e. The topological polar surface area (TPSA) is 55.1 Å². The molecule has 3 rings (SSSR count). The molecule has 0 aliphatic rings. The molecule has 0 unspecified atom stereocenters. The van der Waals surface area contributed by atoms with Gasteiger partial charge in [0.05, 0.1) is 5.69 Å². The van der Waals surface area contributed by atoms with E-state index in [4.69, 9.17) is 11.6 Å². The Morgan fingerprint density at radius 1 is 1.17 bits per heavy atom. The summed E-state index contributed by atoms with van der Waals surface area (Å²) in [6.07, 6.45) is 0. The zero-order valence-electron chi connectivity index (χ0n) is 13.0. The quantitative estimate of drug-likeness (QED) is 0.646. The molecule has 0 radical (unpaired) electrons. The average molecular weight is 406 g/mol. The Morgan fingerprint density at radius 3 is 2.46 bits per heavy atom. The molecule has 0 aliphatic carbocycles. The lowest BCUT2D eigenvalue weighted by molar-refractivity contribution is 0.0690. The smallest absolute Gasteiger partial charge is 0.357 e. The van der Waals surface area contributed by atoms with Crippen molar-refractivity contribution in [3.05, 3.63) is 68.9 Å². The molecule has 1 N–H and O–H groups in total. The summed E-state index contributed by atoms with van der Waals surface area (Å²) in [6.45, 7) is 3.94. The van der Waals surface area contributed by atoms with E-state index in [1.54, 1.807) is 16.7 Å². The molecular formula is C18H14BrClN2O2. The third kappa shape index (κ3) is 2.97. The zero-order chi connectivity index (χ0) is 17.4. The summed E-state index contributed by atoms with van der Waals surface area (Å²) in [5.74, 6) is -0.543. The van der Waals surface area contributed by atoms with Crippen LogP contribution in [0.3, 0.4) is 0 Å². The summed E-state index contributed by atoms with van der Waals surface area (Å²) in [7, 11) is 0. The number of rotatable bonds is 3. The van der Waals surface area contributed by atoms with Crippen molar-refractivity contribution in [1.29, 1.82) is 0 Å². The van der Waals surface area contributed by atoms with E-state index >= 15 is 0 Å². The molecule has 0 saturated heterocycles. The largest absolute Gasteiger partial charge is 0.476 e. The Hall–Kier alpha value is -2.11. The maximum absolute atomic E-state index is 11.5. The van der Waals surface area contributed by atoms with Crippen molar-refractivity contribution in [2.45, 2.75) is 13.8 Å². The van der Waals surface area contributed by atoms with Gasteiger partial charge in [0.1, 0.15) is 10.4 Å². The summed E-state index contributed by atoms with van der Waals surface area (Å²) in [6, 6.07) is 13.3. The number of hydrogen-bond acceptors (Lipinski definition) is 2. The van der Waals surface area contributed by atoms with Crippen molar-refractivity contribution >= 4 is 33.5 Å². The maximum atomic E-state index is 11.5. The van der Waals surface area contributed by atoms with E-state index in [1.165, 1.54) is 0 Å². The first-order chi connectivity index (χ1) is 11.4. The van der Waals surface area contributed by atoms with Gasteiger partial charge in [0.15, 0.2) is 5.69 Å². The fourth-order valence-electron chi connectivity index (χ4n) is 2.48. The van der Waals surface area contributed by atoms with Crippen LogP contribution in [-0.2, 0) is 0 Å². The molecule has 122 valence electrons. The normalized spacial score (nSPS) is 10.8. The van der Waals surface area contributed by atoms with Crippen LogP contribution in [0.25, 0.3) is 17.1 Å². The van der Waals surface area contributed by atoms with Gasteiger partial charge in [-0.3, -0.25) is 4.57 Å². The number of carboxylic acid groups (broad SMARTS) is 1. The predicted molar refractivity (Wildman–Crippen MR) is 98.1 cm³/mol. The zero-order valence-corrected chi connectivity index (χ0v) is 15.4. The first kappa shape index (κ1) is 16.7. The second-order valence-electron chi connectivity index (χ2n) is 5.51. The summed E-state index contributed by atoms with van der Waals surface area (Å²) in [4.78, 5) is 15.9. The second-order valence-corrected chi connectivity index (χ2v) is 6.70. The van der Waals surface area contributed by atoms with E-state index < -0.39 is 5.97 Å². The van der Waals surface area contributed by atoms with E-state index in [1.807, 2.05) is 44.2 Å². The standard InChI is InChI=1S/C18H14BrClN2O2/c1-10-3-6-12(7-4-10)17-21-15(18(23)24)16(19)22(17)14-9-13(20)8-5-11(14)2/h3-9H,1-2H3,(H,23,24). The number of carboxylic acids is 1. The average Bonchev–Trinajstić information content (AvgIpc) is 2.88. The number of aromatic carboxylic acids is 1. The van der Waals surface area contributed by atoms with Gasteiger partial charge in [-0.25, -0.2) is 9.78 Å². The highest BCUT2D eigenvalue weighted by Crippen LogP contribution is 2.32. The fraction of sp³-hybridized carbons (Fsp3) is 0.111. The number of nitrogens with zero attached hydrogens (tertiary/aromatic N) is 2. The highest BCUT2D eigenvalue weighted by atomic mass is 79.9. The molecule has 0 spiro atoms. The van der Waals surface area contributed by atoms with Gasteiger partial charge in [0.2, 0.25) is 0 Å². The summed E-state index contributed by atoms with van der Waals surface area (Å²) in [5.41, 5.74) is 3.65. The lowest BCUT2D eigenvalue weighted by Gasteiger charge is -2.13. The van der Waals surface area contributed by atoms with Crippen LogP contribution in [0.5, 0.6) is 0 Å². The predicted octanol–water partition coefficient (Wildman–Crippen LogP) is 5.27. The van der Waals surface area contributed by atoms with Gasteiger partial charge in [-0.2, -0.15) is 0 Å². The Kier molecular flexibility index (Phi) is 4.47. The number of aryl methyl sites for hydroxylation is 2. The fourth-order valence-corrected chi connectivity index (χ4v) is 3.26. The minimum atomic E-state index is -1.09. The van der Waals surface area contributed by atoms with Crippen LogP contribution in [0.4, 0.5) is 0 Å².